The van der Waals surface area contributed by atoms with Gasteiger partial charge < -0.3 is 4.74 Å². The average molecular weight is 269 g/mol. The van der Waals surface area contributed by atoms with Crippen molar-refractivity contribution < 1.29 is 4.74 Å². The molecule has 1 aromatic heterocycles. The number of ether oxygens (including phenoxy) is 1. The summed E-state index contributed by atoms with van der Waals surface area (Å²) in [7, 11) is 1.70. The molecule has 0 unspecified atom stereocenters. The largest absolute Gasteiger partial charge is 0.497 e. The van der Waals surface area contributed by atoms with Crippen LogP contribution in [0.1, 0.15) is 24.2 Å². The fourth-order valence-electron chi connectivity index (χ4n) is 2.43. The van der Waals surface area contributed by atoms with Gasteiger partial charge in [0.2, 0.25) is 0 Å². The van der Waals surface area contributed by atoms with Crippen LogP contribution in [0.3, 0.4) is 0 Å². The molecule has 0 bridgehead atoms. The SMILES string of the molecule is COc1cc(C)nc(CN2CCC(CCl)CC2)c1. The molecule has 1 aliphatic rings. The molecule has 0 spiro atoms. The number of hydrogen-bond acceptors (Lipinski definition) is 3. The summed E-state index contributed by atoms with van der Waals surface area (Å²) in [6, 6.07) is 3.99. The second kappa shape index (κ2) is 6.39. The number of aryl methyl sites for hydroxylation is 1. The van der Waals surface area contributed by atoms with E-state index in [1.165, 1.54) is 12.8 Å². The highest BCUT2D eigenvalue weighted by molar-refractivity contribution is 6.18. The number of halogens is 1. The van der Waals surface area contributed by atoms with Crippen molar-refractivity contribution >= 4 is 11.6 Å². The van der Waals surface area contributed by atoms with E-state index in [2.05, 4.69) is 9.88 Å². The quantitative estimate of drug-likeness (QED) is 0.786. The van der Waals surface area contributed by atoms with Gasteiger partial charge in [0.15, 0.2) is 0 Å². The first-order valence-corrected chi connectivity index (χ1v) is 7.04. The van der Waals surface area contributed by atoms with E-state index in [1.54, 1.807) is 7.11 Å². The summed E-state index contributed by atoms with van der Waals surface area (Å²) in [5.74, 6) is 2.39. The maximum Gasteiger partial charge on any atom is 0.122 e. The lowest BCUT2D eigenvalue weighted by atomic mass is 9.99. The lowest BCUT2D eigenvalue weighted by Crippen LogP contribution is -2.34. The smallest absolute Gasteiger partial charge is 0.122 e. The van der Waals surface area contributed by atoms with Crippen molar-refractivity contribution in [3.63, 3.8) is 0 Å². The van der Waals surface area contributed by atoms with Gasteiger partial charge in [0.05, 0.1) is 12.8 Å². The minimum absolute atomic E-state index is 0.697. The van der Waals surface area contributed by atoms with Gasteiger partial charge in [-0.15, -0.1) is 11.6 Å². The average Bonchev–Trinajstić information content (AvgIpc) is 2.39. The molecule has 0 radical (unpaired) electrons. The maximum atomic E-state index is 5.90. The number of nitrogens with zero attached hydrogens (tertiary/aromatic N) is 2. The van der Waals surface area contributed by atoms with Crippen LogP contribution in [0.5, 0.6) is 5.75 Å². The van der Waals surface area contributed by atoms with Crippen molar-refractivity contribution in [2.24, 2.45) is 5.92 Å². The Kier molecular flexibility index (Phi) is 4.84. The molecule has 1 aliphatic heterocycles. The van der Waals surface area contributed by atoms with Crippen molar-refractivity contribution in [2.45, 2.75) is 26.3 Å². The number of aromatic nitrogens is 1. The zero-order chi connectivity index (χ0) is 13.0. The number of pyridine rings is 1. The molecule has 0 N–H and O–H groups in total. The van der Waals surface area contributed by atoms with Gasteiger partial charge in [-0.05, 0) is 38.8 Å². The maximum absolute atomic E-state index is 5.90. The van der Waals surface area contributed by atoms with Crippen LogP contribution in [0.2, 0.25) is 0 Å². The molecule has 100 valence electrons. The predicted molar refractivity (Wildman–Crippen MR) is 74.2 cm³/mol. The van der Waals surface area contributed by atoms with Gasteiger partial charge in [0.25, 0.3) is 0 Å². The van der Waals surface area contributed by atoms with E-state index < -0.39 is 0 Å². The molecule has 18 heavy (non-hydrogen) atoms. The molecule has 4 heteroatoms. The van der Waals surface area contributed by atoms with Crippen LogP contribution in [0.15, 0.2) is 12.1 Å². The molecule has 0 atom stereocenters. The normalized spacial score (nSPS) is 17.9. The minimum Gasteiger partial charge on any atom is -0.497 e. The Bertz CT molecular complexity index is 389. The number of piperidine rings is 1. The van der Waals surface area contributed by atoms with Crippen molar-refractivity contribution in [2.75, 3.05) is 26.1 Å². The van der Waals surface area contributed by atoms with Crippen LogP contribution in [0.25, 0.3) is 0 Å². The zero-order valence-electron chi connectivity index (χ0n) is 11.2. The van der Waals surface area contributed by atoms with Crippen LogP contribution in [0, 0.1) is 12.8 Å². The van der Waals surface area contributed by atoms with Gasteiger partial charge in [-0.3, -0.25) is 9.88 Å². The molecule has 0 aliphatic carbocycles. The van der Waals surface area contributed by atoms with Crippen molar-refractivity contribution in [3.05, 3.63) is 23.5 Å². The highest BCUT2D eigenvalue weighted by atomic mass is 35.5. The number of likely N-dealkylation sites (tertiary alicyclic amines) is 1. The van der Waals surface area contributed by atoms with Crippen LogP contribution in [-0.4, -0.2) is 36.0 Å². The summed E-state index contributed by atoms with van der Waals surface area (Å²) >= 11 is 5.90. The number of rotatable bonds is 4. The van der Waals surface area contributed by atoms with Gasteiger partial charge in [0, 0.05) is 30.3 Å². The highest BCUT2D eigenvalue weighted by Crippen LogP contribution is 2.21. The van der Waals surface area contributed by atoms with Gasteiger partial charge in [0.1, 0.15) is 5.75 Å². The highest BCUT2D eigenvalue weighted by Gasteiger charge is 2.18. The van der Waals surface area contributed by atoms with Crippen LogP contribution < -0.4 is 4.74 Å². The summed E-state index contributed by atoms with van der Waals surface area (Å²) in [5.41, 5.74) is 2.11. The van der Waals surface area contributed by atoms with E-state index >= 15 is 0 Å². The Morgan fingerprint density at radius 2 is 2.11 bits per heavy atom. The fraction of sp³-hybridized carbons (Fsp3) is 0.643. The molecule has 2 rings (SSSR count). The van der Waals surface area contributed by atoms with Crippen molar-refractivity contribution in [1.29, 1.82) is 0 Å². The summed E-state index contributed by atoms with van der Waals surface area (Å²) in [4.78, 5) is 7.02. The summed E-state index contributed by atoms with van der Waals surface area (Å²) in [5, 5.41) is 0. The number of alkyl halides is 1. The fourth-order valence-corrected chi connectivity index (χ4v) is 2.74. The molecule has 1 saturated heterocycles. The Labute approximate surface area is 114 Å². The first-order chi connectivity index (χ1) is 8.71. The van der Waals surface area contributed by atoms with Gasteiger partial charge >= 0.3 is 0 Å². The molecule has 0 aromatic carbocycles. The third-order valence-corrected chi connectivity index (χ3v) is 3.96. The summed E-state index contributed by atoms with van der Waals surface area (Å²) < 4.78 is 5.28. The topological polar surface area (TPSA) is 25.4 Å². The van der Waals surface area contributed by atoms with E-state index in [1.807, 2.05) is 19.1 Å². The van der Waals surface area contributed by atoms with E-state index in [9.17, 15) is 0 Å². The van der Waals surface area contributed by atoms with E-state index in [4.69, 9.17) is 16.3 Å². The zero-order valence-corrected chi connectivity index (χ0v) is 11.9. The number of hydrogen-bond donors (Lipinski definition) is 0. The molecule has 1 aromatic rings. The van der Waals surface area contributed by atoms with Gasteiger partial charge in [-0.1, -0.05) is 0 Å². The standard InChI is InChI=1S/C14H21ClN2O/c1-11-7-14(18-2)8-13(16-11)10-17-5-3-12(9-15)4-6-17/h7-8,12H,3-6,9-10H2,1-2H3. The third-order valence-electron chi connectivity index (χ3n) is 3.53. The van der Waals surface area contributed by atoms with Gasteiger partial charge in [-0.25, -0.2) is 0 Å². The van der Waals surface area contributed by atoms with Crippen LogP contribution >= 0.6 is 11.6 Å². The molecule has 0 saturated carbocycles. The van der Waals surface area contributed by atoms with E-state index in [-0.39, 0.29) is 0 Å². The van der Waals surface area contributed by atoms with Gasteiger partial charge in [-0.2, -0.15) is 0 Å². The number of methoxy groups -OCH3 is 1. The lowest BCUT2D eigenvalue weighted by molar-refractivity contribution is 0.184. The predicted octanol–water partition coefficient (Wildman–Crippen LogP) is 2.85. The molecule has 0 amide bonds. The second-order valence-electron chi connectivity index (χ2n) is 5.01. The summed E-state index contributed by atoms with van der Waals surface area (Å²) in [6.45, 7) is 5.16. The minimum atomic E-state index is 0.697. The molecular weight excluding hydrogens is 248 g/mol. The Morgan fingerprint density at radius 3 is 2.72 bits per heavy atom. The third kappa shape index (κ3) is 3.59. The van der Waals surface area contributed by atoms with E-state index in [0.29, 0.717) is 5.92 Å². The summed E-state index contributed by atoms with van der Waals surface area (Å²) in [6.07, 6.45) is 2.40. The van der Waals surface area contributed by atoms with Crippen LogP contribution in [-0.2, 0) is 6.54 Å². The van der Waals surface area contributed by atoms with E-state index in [0.717, 1.165) is 42.7 Å². The monoisotopic (exact) mass is 268 g/mol. The second-order valence-corrected chi connectivity index (χ2v) is 5.32. The Balaban J connectivity index is 1.95. The first kappa shape index (κ1) is 13.6. The Morgan fingerprint density at radius 1 is 1.39 bits per heavy atom. The first-order valence-electron chi connectivity index (χ1n) is 6.51. The van der Waals surface area contributed by atoms with Crippen LogP contribution in [0.4, 0.5) is 0 Å². The van der Waals surface area contributed by atoms with Crippen molar-refractivity contribution in [1.82, 2.24) is 9.88 Å². The molecule has 2 heterocycles. The molecular formula is C14H21ClN2O. The Hall–Kier alpha value is -0.800. The van der Waals surface area contributed by atoms with Crippen molar-refractivity contribution in [3.8, 4) is 5.75 Å². The lowest BCUT2D eigenvalue weighted by Gasteiger charge is -2.30. The molecule has 3 nitrogen and oxygen atoms in total. The molecule has 1 fully saturated rings.